The van der Waals surface area contributed by atoms with E-state index < -0.39 is 5.91 Å². The standard InChI is InChI=1S/C18H14ClN5O4/c1-10(25)13-6-15-16(28-9-27-15)7-14(13)20-17(26)8-24-22-18(21-23-24)11-3-2-4-12(19)5-11/h2-7H,8-9H2,1H3,(H,20,26). The largest absolute Gasteiger partial charge is 0.454 e. The molecule has 1 amide bonds. The molecule has 2 aromatic carbocycles. The lowest BCUT2D eigenvalue weighted by Gasteiger charge is -2.10. The molecule has 0 atom stereocenters. The number of Topliss-reactive ketones (excluding diaryl/α,β-unsaturated/α-hetero) is 1. The van der Waals surface area contributed by atoms with Gasteiger partial charge in [-0.3, -0.25) is 9.59 Å². The number of hydrogen-bond donors (Lipinski definition) is 1. The van der Waals surface area contributed by atoms with E-state index in [9.17, 15) is 9.59 Å². The minimum atomic E-state index is -0.420. The zero-order valence-corrected chi connectivity index (χ0v) is 15.4. The number of nitrogens with one attached hydrogen (secondary N) is 1. The van der Waals surface area contributed by atoms with Crippen LogP contribution in [0.5, 0.6) is 11.5 Å². The number of amides is 1. The Hall–Kier alpha value is -3.46. The fourth-order valence-electron chi connectivity index (χ4n) is 2.71. The first-order valence-electron chi connectivity index (χ1n) is 8.28. The van der Waals surface area contributed by atoms with Crippen molar-refractivity contribution >= 4 is 29.0 Å². The highest BCUT2D eigenvalue weighted by atomic mass is 35.5. The summed E-state index contributed by atoms with van der Waals surface area (Å²) in [6, 6.07) is 10.1. The molecule has 1 aromatic heterocycles. The molecular formula is C18H14ClN5O4. The molecule has 142 valence electrons. The summed E-state index contributed by atoms with van der Waals surface area (Å²) in [7, 11) is 0. The lowest BCUT2D eigenvalue weighted by atomic mass is 10.1. The van der Waals surface area contributed by atoms with E-state index in [0.29, 0.717) is 39.2 Å². The first-order chi connectivity index (χ1) is 13.5. The van der Waals surface area contributed by atoms with Crippen LogP contribution in [-0.2, 0) is 11.3 Å². The van der Waals surface area contributed by atoms with Crippen molar-refractivity contribution in [1.82, 2.24) is 20.2 Å². The second-order valence-electron chi connectivity index (χ2n) is 6.01. The number of tetrazole rings is 1. The average molecular weight is 400 g/mol. The van der Waals surface area contributed by atoms with Crippen LogP contribution in [-0.4, -0.2) is 38.7 Å². The van der Waals surface area contributed by atoms with Crippen LogP contribution in [0, 0.1) is 0 Å². The molecule has 1 N–H and O–H groups in total. The maximum atomic E-state index is 12.4. The predicted molar refractivity (Wildman–Crippen MR) is 99.5 cm³/mol. The number of rotatable bonds is 5. The Bertz CT molecular complexity index is 1080. The molecule has 3 aromatic rings. The number of benzene rings is 2. The molecule has 0 radical (unpaired) electrons. The van der Waals surface area contributed by atoms with Crippen molar-refractivity contribution in [2.75, 3.05) is 12.1 Å². The first-order valence-corrected chi connectivity index (χ1v) is 8.65. The number of nitrogens with zero attached hydrogens (tertiary/aromatic N) is 4. The van der Waals surface area contributed by atoms with Gasteiger partial charge in [0.05, 0.1) is 5.69 Å². The summed E-state index contributed by atoms with van der Waals surface area (Å²) in [6.45, 7) is 1.29. The lowest BCUT2D eigenvalue weighted by Crippen LogP contribution is -2.21. The van der Waals surface area contributed by atoms with Gasteiger partial charge in [0.15, 0.2) is 17.3 Å². The third-order valence-electron chi connectivity index (χ3n) is 3.99. The summed E-state index contributed by atoms with van der Waals surface area (Å²) in [6.07, 6.45) is 0. The molecule has 1 aliphatic rings. The van der Waals surface area contributed by atoms with Crippen molar-refractivity contribution in [3.05, 3.63) is 47.0 Å². The van der Waals surface area contributed by atoms with Gasteiger partial charge in [-0.15, -0.1) is 10.2 Å². The Morgan fingerprint density at radius 2 is 2.00 bits per heavy atom. The summed E-state index contributed by atoms with van der Waals surface area (Å²) < 4.78 is 10.6. The van der Waals surface area contributed by atoms with Gasteiger partial charge in [0.1, 0.15) is 6.54 Å². The van der Waals surface area contributed by atoms with Gasteiger partial charge in [0.25, 0.3) is 0 Å². The summed E-state index contributed by atoms with van der Waals surface area (Å²) in [5.74, 6) is 0.643. The van der Waals surface area contributed by atoms with Crippen molar-refractivity contribution in [1.29, 1.82) is 0 Å². The van der Waals surface area contributed by atoms with E-state index in [1.807, 2.05) is 0 Å². The molecule has 0 saturated heterocycles. The monoisotopic (exact) mass is 399 g/mol. The average Bonchev–Trinajstić information content (AvgIpc) is 3.29. The molecule has 0 unspecified atom stereocenters. The van der Waals surface area contributed by atoms with Crippen molar-refractivity contribution in [2.45, 2.75) is 13.5 Å². The van der Waals surface area contributed by atoms with Crippen LogP contribution in [0.2, 0.25) is 5.02 Å². The van der Waals surface area contributed by atoms with E-state index in [1.165, 1.54) is 6.92 Å². The lowest BCUT2D eigenvalue weighted by molar-refractivity contribution is -0.117. The van der Waals surface area contributed by atoms with E-state index in [2.05, 4.69) is 20.7 Å². The van der Waals surface area contributed by atoms with E-state index in [0.717, 1.165) is 4.80 Å². The fraction of sp³-hybridized carbons (Fsp3) is 0.167. The topological polar surface area (TPSA) is 108 Å². The Kier molecular flexibility index (Phi) is 4.66. The molecule has 0 bridgehead atoms. The zero-order valence-electron chi connectivity index (χ0n) is 14.7. The molecule has 0 fully saturated rings. The third-order valence-corrected chi connectivity index (χ3v) is 4.22. The smallest absolute Gasteiger partial charge is 0.248 e. The molecule has 0 aliphatic carbocycles. The highest BCUT2D eigenvalue weighted by Gasteiger charge is 2.20. The number of ketones is 1. The number of fused-ring (bicyclic) bond motifs is 1. The summed E-state index contributed by atoms with van der Waals surface area (Å²) in [5, 5.41) is 15.2. The number of carbonyl (C=O) groups is 2. The van der Waals surface area contributed by atoms with Gasteiger partial charge in [-0.2, -0.15) is 4.80 Å². The summed E-state index contributed by atoms with van der Waals surface area (Å²) >= 11 is 5.96. The van der Waals surface area contributed by atoms with Gasteiger partial charge in [-0.25, -0.2) is 0 Å². The van der Waals surface area contributed by atoms with Crippen LogP contribution in [0.1, 0.15) is 17.3 Å². The molecule has 2 heterocycles. The van der Waals surface area contributed by atoms with E-state index in [-0.39, 0.29) is 19.1 Å². The van der Waals surface area contributed by atoms with Crippen molar-refractivity contribution in [2.24, 2.45) is 0 Å². The van der Waals surface area contributed by atoms with Crippen LogP contribution in [0.15, 0.2) is 36.4 Å². The molecule has 4 rings (SSSR count). The highest BCUT2D eigenvalue weighted by molar-refractivity contribution is 6.30. The number of halogens is 1. The van der Waals surface area contributed by atoms with Crippen molar-refractivity contribution < 1.29 is 19.1 Å². The van der Waals surface area contributed by atoms with Crippen molar-refractivity contribution in [3.8, 4) is 22.9 Å². The van der Waals surface area contributed by atoms with Crippen LogP contribution >= 0.6 is 11.6 Å². The van der Waals surface area contributed by atoms with Crippen LogP contribution in [0.25, 0.3) is 11.4 Å². The molecule has 1 aliphatic heterocycles. The first kappa shape index (κ1) is 17.9. The van der Waals surface area contributed by atoms with Gasteiger partial charge >= 0.3 is 0 Å². The number of anilines is 1. The number of ether oxygens (including phenoxy) is 2. The van der Waals surface area contributed by atoms with Gasteiger partial charge in [0.2, 0.25) is 18.5 Å². The van der Waals surface area contributed by atoms with Crippen LogP contribution < -0.4 is 14.8 Å². The number of aromatic nitrogens is 4. The van der Waals surface area contributed by atoms with Crippen LogP contribution in [0.3, 0.4) is 0 Å². The molecule has 10 heteroatoms. The van der Waals surface area contributed by atoms with Gasteiger partial charge in [-0.05, 0) is 30.3 Å². The minimum absolute atomic E-state index is 0.0687. The third kappa shape index (κ3) is 3.65. The molecule has 28 heavy (non-hydrogen) atoms. The Balaban J connectivity index is 1.50. The molecule has 0 saturated carbocycles. The Labute approximate surface area is 164 Å². The Morgan fingerprint density at radius 1 is 1.21 bits per heavy atom. The normalized spacial score (nSPS) is 12.1. The highest BCUT2D eigenvalue weighted by Crippen LogP contribution is 2.37. The summed E-state index contributed by atoms with van der Waals surface area (Å²) in [5.41, 5.74) is 1.34. The van der Waals surface area contributed by atoms with E-state index in [1.54, 1.807) is 36.4 Å². The predicted octanol–water partition coefficient (Wildman–Crippen LogP) is 2.56. The van der Waals surface area contributed by atoms with Gasteiger partial charge in [0, 0.05) is 22.2 Å². The van der Waals surface area contributed by atoms with Crippen LogP contribution in [0.4, 0.5) is 5.69 Å². The SMILES string of the molecule is CC(=O)c1cc2c(cc1NC(=O)Cn1nnc(-c3cccc(Cl)c3)n1)OCO2. The maximum absolute atomic E-state index is 12.4. The number of hydrogen-bond acceptors (Lipinski definition) is 7. The summed E-state index contributed by atoms with van der Waals surface area (Å²) in [4.78, 5) is 25.5. The Morgan fingerprint density at radius 3 is 2.75 bits per heavy atom. The molecule has 0 spiro atoms. The number of carbonyl (C=O) groups excluding carboxylic acids is 2. The second-order valence-corrected chi connectivity index (χ2v) is 6.45. The van der Waals surface area contributed by atoms with Gasteiger partial charge in [-0.1, -0.05) is 23.7 Å². The second kappa shape index (κ2) is 7.28. The quantitative estimate of drug-likeness (QED) is 0.657. The molecular weight excluding hydrogens is 386 g/mol. The maximum Gasteiger partial charge on any atom is 0.248 e. The minimum Gasteiger partial charge on any atom is -0.454 e. The molecule has 9 nitrogen and oxygen atoms in total. The van der Waals surface area contributed by atoms with E-state index >= 15 is 0 Å². The van der Waals surface area contributed by atoms with Gasteiger partial charge < -0.3 is 14.8 Å². The van der Waals surface area contributed by atoms with E-state index in [4.69, 9.17) is 21.1 Å². The zero-order chi connectivity index (χ0) is 19.7. The fourth-order valence-corrected chi connectivity index (χ4v) is 2.90. The van der Waals surface area contributed by atoms with Crippen molar-refractivity contribution in [3.63, 3.8) is 0 Å².